The SMILES string of the molecule is CN(c1ncc(F)cn1)C1CCN(C(=O)OC(C)(C)C)CC1. The number of amides is 1. The third kappa shape index (κ3) is 4.29. The van der Waals surface area contributed by atoms with Gasteiger partial charge in [-0.3, -0.25) is 0 Å². The molecule has 6 nitrogen and oxygen atoms in total. The number of carbonyl (C=O) groups excluding carboxylic acids is 1. The summed E-state index contributed by atoms with van der Waals surface area (Å²) in [6.45, 7) is 6.84. The monoisotopic (exact) mass is 310 g/mol. The molecule has 0 saturated carbocycles. The van der Waals surface area contributed by atoms with Crippen molar-refractivity contribution in [1.29, 1.82) is 0 Å². The summed E-state index contributed by atoms with van der Waals surface area (Å²) in [5.74, 6) is 0.0500. The molecule has 0 aliphatic carbocycles. The summed E-state index contributed by atoms with van der Waals surface area (Å²) in [4.78, 5) is 23.7. The first-order chi connectivity index (χ1) is 10.3. The molecule has 0 N–H and O–H groups in total. The molecule has 1 aromatic heterocycles. The Kier molecular flexibility index (Phi) is 4.83. The Morgan fingerprint density at radius 2 is 1.86 bits per heavy atom. The lowest BCUT2D eigenvalue weighted by atomic mass is 10.0. The Hall–Kier alpha value is -1.92. The molecule has 0 aromatic carbocycles. The average molecular weight is 310 g/mol. The number of nitrogens with zero attached hydrogens (tertiary/aromatic N) is 4. The number of carbonyl (C=O) groups is 1. The third-order valence-electron chi connectivity index (χ3n) is 3.59. The molecule has 1 saturated heterocycles. The highest BCUT2D eigenvalue weighted by Crippen LogP contribution is 2.20. The van der Waals surface area contributed by atoms with Crippen LogP contribution in [0.3, 0.4) is 0 Å². The van der Waals surface area contributed by atoms with Gasteiger partial charge in [0.2, 0.25) is 5.95 Å². The smallest absolute Gasteiger partial charge is 0.410 e. The predicted molar refractivity (Wildman–Crippen MR) is 81.2 cm³/mol. The second-order valence-electron chi connectivity index (χ2n) is 6.51. The number of hydrogen-bond acceptors (Lipinski definition) is 5. The van der Waals surface area contributed by atoms with Crippen LogP contribution in [-0.2, 0) is 4.74 Å². The Balaban J connectivity index is 1.89. The second kappa shape index (κ2) is 6.46. The molecule has 0 bridgehead atoms. The molecule has 22 heavy (non-hydrogen) atoms. The van der Waals surface area contributed by atoms with Gasteiger partial charge < -0.3 is 14.5 Å². The van der Waals surface area contributed by atoms with Crippen LogP contribution in [0.15, 0.2) is 12.4 Å². The maximum atomic E-state index is 12.9. The first-order valence-electron chi connectivity index (χ1n) is 7.44. The quantitative estimate of drug-likeness (QED) is 0.840. The fraction of sp³-hybridized carbons (Fsp3) is 0.667. The van der Waals surface area contributed by atoms with Crippen molar-refractivity contribution in [2.24, 2.45) is 0 Å². The number of piperidine rings is 1. The molecule has 1 aromatic rings. The van der Waals surface area contributed by atoms with Crippen LogP contribution in [0.2, 0.25) is 0 Å². The van der Waals surface area contributed by atoms with E-state index in [1.807, 2.05) is 32.7 Å². The van der Waals surface area contributed by atoms with Crippen LogP contribution in [-0.4, -0.2) is 52.7 Å². The van der Waals surface area contributed by atoms with Crippen LogP contribution in [0.1, 0.15) is 33.6 Å². The van der Waals surface area contributed by atoms with E-state index in [0.29, 0.717) is 19.0 Å². The largest absolute Gasteiger partial charge is 0.444 e. The van der Waals surface area contributed by atoms with Crippen molar-refractivity contribution in [2.45, 2.75) is 45.3 Å². The van der Waals surface area contributed by atoms with Gasteiger partial charge >= 0.3 is 6.09 Å². The molecule has 1 amide bonds. The molecule has 122 valence electrons. The molecular formula is C15H23FN4O2. The summed E-state index contributed by atoms with van der Waals surface area (Å²) < 4.78 is 18.2. The molecule has 0 spiro atoms. The van der Waals surface area contributed by atoms with E-state index >= 15 is 0 Å². The highest BCUT2D eigenvalue weighted by molar-refractivity contribution is 5.68. The summed E-state index contributed by atoms with van der Waals surface area (Å²) in [5.41, 5.74) is -0.479. The van der Waals surface area contributed by atoms with Gasteiger partial charge in [-0.25, -0.2) is 19.2 Å². The van der Waals surface area contributed by atoms with Crippen molar-refractivity contribution in [3.8, 4) is 0 Å². The minimum atomic E-state index is -0.479. The Bertz CT molecular complexity index is 507. The van der Waals surface area contributed by atoms with Crippen molar-refractivity contribution in [3.05, 3.63) is 18.2 Å². The van der Waals surface area contributed by atoms with E-state index in [1.165, 1.54) is 0 Å². The number of halogens is 1. The van der Waals surface area contributed by atoms with Gasteiger partial charge in [-0.1, -0.05) is 0 Å². The van der Waals surface area contributed by atoms with Crippen molar-refractivity contribution in [2.75, 3.05) is 25.0 Å². The van der Waals surface area contributed by atoms with Crippen LogP contribution in [0.4, 0.5) is 15.1 Å². The van der Waals surface area contributed by atoms with E-state index in [0.717, 1.165) is 25.2 Å². The van der Waals surface area contributed by atoms with Crippen LogP contribution < -0.4 is 4.90 Å². The number of ether oxygens (including phenoxy) is 1. The number of likely N-dealkylation sites (tertiary alicyclic amines) is 1. The average Bonchev–Trinajstić information content (AvgIpc) is 2.46. The fourth-order valence-electron chi connectivity index (χ4n) is 2.41. The maximum absolute atomic E-state index is 12.9. The van der Waals surface area contributed by atoms with E-state index < -0.39 is 11.4 Å². The molecule has 0 unspecified atom stereocenters. The van der Waals surface area contributed by atoms with Gasteiger partial charge in [0.1, 0.15) is 5.60 Å². The Labute approximate surface area is 130 Å². The van der Waals surface area contributed by atoms with Gasteiger partial charge in [-0.05, 0) is 33.6 Å². The van der Waals surface area contributed by atoms with E-state index in [4.69, 9.17) is 4.74 Å². The summed E-state index contributed by atoms with van der Waals surface area (Å²) in [5, 5.41) is 0. The first kappa shape index (κ1) is 16.5. The second-order valence-corrected chi connectivity index (χ2v) is 6.51. The van der Waals surface area contributed by atoms with Crippen LogP contribution >= 0.6 is 0 Å². The van der Waals surface area contributed by atoms with Crippen LogP contribution in [0.25, 0.3) is 0 Å². The lowest BCUT2D eigenvalue weighted by Crippen LogP contribution is -2.47. The molecule has 0 atom stereocenters. The van der Waals surface area contributed by atoms with Crippen molar-refractivity contribution >= 4 is 12.0 Å². The lowest BCUT2D eigenvalue weighted by molar-refractivity contribution is 0.0205. The van der Waals surface area contributed by atoms with E-state index in [-0.39, 0.29) is 12.1 Å². The van der Waals surface area contributed by atoms with Crippen molar-refractivity contribution < 1.29 is 13.9 Å². The van der Waals surface area contributed by atoms with Gasteiger partial charge in [-0.15, -0.1) is 0 Å². The molecule has 1 aliphatic rings. The van der Waals surface area contributed by atoms with Crippen LogP contribution in [0, 0.1) is 5.82 Å². The van der Waals surface area contributed by atoms with Gasteiger partial charge in [0.05, 0.1) is 12.4 Å². The maximum Gasteiger partial charge on any atom is 0.410 e. The molecule has 0 radical (unpaired) electrons. The molecule has 1 aliphatic heterocycles. The lowest BCUT2D eigenvalue weighted by Gasteiger charge is -2.37. The molecule has 7 heteroatoms. The standard InChI is InChI=1S/C15H23FN4O2/c1-15(2,3)22-14(21)20-7-5-12(6-8-20)19(4)13-17-9-11(16)10-18-13/h9-10,12H,5-8H2,1-4H3. The van der Waals surface area contributed by atoms with Gasteiger partial charge in [0, 0.05) is 26.2 Å². The zero-order valence-electron chi connectivity index (χ0n) is 13.5. The Morgan fingerprint density at radius 3 is 2.36 bits per heavy atom. The molecule has 2 rings (SSSR count). The van der Waals surface area contributed by atoms with Gasteiger partial charge in [-0.2, -0.15) is 0 Å². The predicted octanol–water partition coefficient (Wildman–Crippen LogP) is 2.45. The van der Waals surface area contributed by atoms with Crippen molar-refractivity contribution in [1.82, 2.24) is 14.9 Å². The van der Waals surface area contributed by atoms with E-state index in [1.54, 1.807) is 4.90 Å². The summed E-state index contributed by atoms with van der Waals surface area (Å²) in [6.07, 6.45) is 3.66. The highest BCUT2D eigenvalue weighted by atomic mass is 19.1. The number of hydrogen-bond donors (Lipinski definition) is 0. The van der Waals surface area contributed by atoms with E-state index in [2.05, 4.69) is 9.97 Å². The topological polar surface area (TPSA) is 58.6 Å². The van der Waals surface area contributed by atoms with E-state index in [9.17, 15) is 9.18 Å². The summed E-state index contributed by atoms with van der Waals surface area (Å²) >= 11 is 0. The van der Waals surface area contributed by atoms with Gasteiger partial charge in [0.25, 0.3) is 0 Å². The van der Waals surface area contributed by atoms with Crippen LogP contribution in [0.5, 0.6) is 0 Å². The third-order valence-corrected chi connectivity index (χ3v) is 3.59. The molecular weight excluding hydrogens is 287 g/mol. The fourth-order valence-corrected chi connectivity index (χ4v) is 2.41. The first-order valence-corrected chi connectivity index (χ1v) is 7.44. The Morgan fingerprint density at radius 1 is 1.32 bits per heavy atom. The zero-order chi connectivity index (χ0) is 16.3. The summed E-state index contributed by atoms with van der Waals surface area (Å²) in [7, 11) is 1.89. The van der Waals surface area contributed by atoms with Crippen molar-refractivity contribution in [3.63, 3.8) is 0 Å². The number of rotatable bonds is 2. The molecule has 2 heterocycles. The highest BCUT2D eigenvalue weighted by Gasteiger charge is 2.29. The minimum absolute atomic E-state index is 0.226. The summed E-state index contributed by atoms with van der Waals surface area (Å²) in [6, 6.07) is 0.226. The molecule has 1 fully saturated rings. The normalized spacial score (nSPS) is 16.5. The minimum Gasteiger partial charge on any atom is -0.444 e. The van der Waals surface area contributed by atoms with Gasteiger partial charge in [0.15, 0.2) is 5.82 Å². The number of anilines is 1. The zero-order valence-corrected chi connectivity index (χ0v) is 13.5. The number of aromatic nitrogens is 2.